The molecule has 6 nitrogen and oxygen atoms in total. The summed E-state index contributed by atoms with van der Waals surface area (Å²) in [5, 5.41) is 9.69. The first kappa shape index (κ1) is 11.0. The van der Waals surface area contributed by atoms with Crippen molar-refractivity contribution in [2.24, 2.45) is 0 Å². The summed E-state index contributed by atoms with van der Waals surface area (Å²) in [5.41, 5.74) is 6.60. The van der Waals surface area contributed by atoms with Gasteiger partial charge in [0.05, 0.1) is 10.9 Å². The number of fused-ring (bicyclic) bond motifs is 1. The minimum absolute atomic E-state index is 0.190. The van der Waals surface area contributed by atoms with Crippen LogP contribution < -0.4 is 5.73 Å². The number of carboxylic acids is 1. The number of aromatic nitrogens is 3. The molecule has 1 saturated carbocycles. The van der Waals surface area contributed by atoms with E-state index in [4.69, 9.17) is 5.73 Å². The number of carbonyl (C=O) groups is 1. The molecule has 1 fully saturated rings. The molecule has 0 unspecified atom stereocenters. The van der Waals surface area contributed by atoms with E-state index in [2.05, 4.69) is 9.97 Å². The van der Waals surface area contributed by atoms with Gasteiger partial charge in [0.15, 0.2) is 0 Å². The number of aromatic carboxylic acids is 1. The number of anilines is 1. The highest BCUT2D eigenvalue weighted by molar-refractivity contribution is 6.06. The molecule has 0 atom stereocenters. The fourth-order valence-electron chi connectivity index (χ4n) is 2.73. The number of nitrogens with zero attached hydrogens (tertiary/aromatic N) is 3. The van der Waals surface area contributed by atoms with Crippen molar-refractivity contribution in [3.63, 3.8) is 0 Å². The van der Waals surface area contributed by atoms with Gasteiger partial charge in [0.1, 0.15) is 17.8 Å². The van der Waals surface area contributed by atoms with Crippen molar-refractivity contribution in [1.29, 1.82) is 0 Å². The van der Waals surface area contributed by atoms with Crippen LogP contribution in [0.1, 0.15) is 42.1 Å². The predicted octanol–water partition coefficient (Wildman–Crippen LogP) is 1.83. The molecule has 2 aromatic rings. The first-order valence-corrected chi connectivity index (χ1v) is 6.03. The molecule has 0 aromatic carbocycles. The predicted molar refractivity (Wildman–Crippen MR) is 66.4 cm³/mol. The van der Waals surface area contributed by atoms with E-state index in [9.17, 15) is 9.90 Å². The summed E-state index contributed by atoms with van der Waals surface area (Å²) in [5.74, 6) is -0.757. The van der Waals surface area contributed by atoms with Gasteiger partial charge in [0.25, 0.3) is 0 Å². The van der Waals surface area contributed by atoms with Gasteiger partial charge in [0, 0.05) is 12.2 Å². The monoisotopic (exact) mass is 246 g/mol. The lowest BCUT2D eigenvalue weighted by Crippen LogP contribution is -2.04. The highest BCUT2D eigenvalue weighted by Crippen LogP contribution is 2.34. The molecule has 2 aromatic heterocycles. The van der Waals surface area contributed by atoms with E-state index < -0.39 is 5.97 Å². The Kier molecular flexibility index (Phi) is 2.43. The highest BCUT2D eigenvalue weighted by atomic mass is 16.4. The van der Waals surface area contributed by atoms with Gasteiger partial charge in [-0.25, -0.2) is 14.8 Å². The second kappa shape index (κ2) is 3.97. The molecule has 0 spiro atoms. The van der Waals surface area contributed by atoms with Crippen LogP contribution in [0, 0.1) is 0 Å². The molecular formula is C12H14N4O2. The van der Waals surface area contributed by atoms with Gasteiger partial charge in [-0.3, -0.25) is 0 Å². The molecule has 1 aliphatic carbocycles. The molecule has 0 saturated heterocycles. The van der Waals surface area contributed by atoms with E-state index in [0.717, 1.165) is 12.8 Å². The van der Waals surface area contributed by atoms with Crippen LogP contribution in [0.3, 0.4) is 0 Å². The van der Waals surface area contributed by atoms with E-state index in [1.807, 2.05) is 4.57 Å². The average Bonchev–Trinajstić information content (AvgIpc) is 2.95. The van der Waals surface area contributed by atoms with Gasteiger partial charge in [-0.15, -0.1) is 0 Å². The Morgan fingerprint density at radius 1 is 1.39 bits per heavy atom. The van der Waals surface area contributed by atoms with Crippen LogP contribution in [0.15, 0.2) is 12.5 Å². The second-order valence-electron chi connectivity index (χ2n) is 4.65. The lowest BCUT2D eigenvalue weighted by atomic mass is 10.2. The number of hydrogen-bond acceptors (Lipinski definition) is 4. The molecule has 0 bridgehead atoms. The number of carboxylic acid groups (broad SMARTS) is 1. The zero-order valence-corrected chi connectivity index (χ0v) is 9.83. The fraction of sp³-hybridized carbons (Fsp3) is 0.417. The van der Waals surface area contributed by atoms with Crippen LogP contribution in [-0.4, -0.2) is 25.6 Å². The lowest BCUT2D eigenvalue weighted by molar-refractivity contribution is 0.0698. The normalized spacial score (nSPS) is 16.4. The van der Waals surface area contributed by atoms with E-state index in [1.54, 1.807) is 6.20 Å². The van der Waals surface area contributed by atoms with Gasteiger partial charge in [-0.05, 0) is 12.8 Å². The van der Waals surface area contributed by atoms with Gasteiger partial charge >= 0.3 is 5.97 Å². The molecule has 94 valence electrons. The van der Waals surface area contributed by atoms with Gasteiger partial charge in [0.2, 0.25) is 0 Å². The lowest BCUT2D eigenvalue weighted by Gasteiger charge is -2.12. The van der Waals surface area contributed by atoms with Crippen LogP contribution in [0.4, 0.5) is 5.82 Å². The zero-order valence-electron chi connectivity index (χ0n) is 9.83. The summed E-state index contributed by atoms with van der Waals surface area (Å²) >= 11 is 0. The SMILES string of the molecule is Nc1ncnc2c1c(C(=O)O)cn2C1CCCC1. The Balaban J connectivity index is 2.26. The van der Waals surface area contributed by atoms with Crippen molar-refractivity contribution >= 4 is 22.8 Å². The smallest absolute Gasteiger partial charge is 0.338 e. The van der Waals surface area contributed by atoms with Gasteiger partial charge in [-0.1, -0.05) is 12.8 Å². The Labute approximate surface area is 103 Å². The Hall–Kier alpha value is -2.11. The number of hydrogen-bond donors (Lipinski definition) is 2. The standard InChI is InChI=1S/C12H14N4O2/c13-10-9-8(12(17)18)5-16(7-3-1-2-4-7)11(9)15-6-14-10/h5-7H,1-4H2,(H,17,18)(H2,13,14,15). The summed E-state index contributed by atoms with van der Waals surface area (Å²) in [4.78, 5) is 19.3. The summed E-state index contributed by atoms with van der Waals surface area (Å²) in [7, 11) is 0. The molecule has 0 amide bonds. The highest BCUT2D eigenvalue weighted by Gasteiger charge is 2.24. The van der Waals surface area contributed by atoms with Crippen LogP contribution in [-0.2, 0) is 0 Å². The third-order valence-corrected chi connectivity index (χ3v) is 3.59. The molecule has 18 heavy (non-hydrogen) atoms. The van der Waals surface area contributed by atoms with Crippen molar-refractivity contribution < 1.29 is 9.90 Å². The van der Waals surface area contributed by atoms with Crippen molar-refractivity contribution in [2.75, 3.05) is 5.73 Å². The van der Waals surface area contributed by atoms with Crippen molar-refractivity contribution in [1.82, 2.24) is 14.5 Å². The summed E-state index contributed by atoms with van der Waals surface area (Å²) in [6.07, 6.45) is 7.50. The zero-order chi connectivity index (χ0) is 12.7. The topological polar surface area (TPSA) is 94.0 Å². The maximum absolute atomic E-state index is 11.3. The average molecular weight is 246 g/mol. The van der Waals surface area contributed by atoms with Crippen molar-refractivity contribution in [3.05, 3.63) is 18.1 Å². The molecule has 1 aliphatic rings. The molecule has 2 heterocycles. The number of rotatable bonds is 2. The minimum atomic E-state index is -0.988. The van der Waals surface area contributed by atoms with E-state index in [-0.39, 0.29) is 11.4 Å². The van der Waals surface area contributed by atoms with Crippen molar-refractivity contribution in [2.45, 2.75) is 31.7 Å². The van der Waals surface area contributed by atoms with Gasteiger partial charge < -0.3 is 15.4 Å². The van der Waals surface area contributed by atoms with Crippen LogP contribution in [0.5, 0.6) is 0 Å². The maximum Gasteiger partial charge on any atom is 0.338 e. The van der Waals surface area contributed by atoms with Gasteiger partial charge in [-0.2, -0.15) is 0 Å². The largest absolute Gasteiger partial charge is 0.478 e. The van der Waals surface area contributed by atoms with Crippen LogP contribution >= 0.6 is 0 Å². The fourth-order valence-corrected chi connectivity index (χ4v) is 2.73. The van der Waals surface area contributed by atoms with E-state index >= 15 is 0 Å². The molecule has 0 aliphatic heterocycles. The molecule has 3 N–H and O–H groups in total. The van der Waals surface area contributed by atoms with Crippen molar-refractivity contribution in [3.8, 4) is 0 Å². The Morgan fingerprint density at radius 2 is 2.11 bits per heavy atom. The molecule has 3 rings (SSSR count). The molecule has 0 radical (unpaired) electrons. The number of nitrogens with two attached hydrogens (primary N) is 1. The van der Waals surface area contributed by atoms with E-state index in [1.165, 1.54) is 19.2 Å². The van der Waals surface area contributed by atoms with Crippen LogP contribution in [0.2, 0.25) is 0 Å². The number of nitrogen functional groups attached to an aromatic ring is 1. The Morgan fingerprint density at radius 3 is 2.78 bits per heavy atom. The third kappa shape index (κ3) is 1.53. The molecule has 6 heteroatoms. The molecular weight excluding hydrogens is 232 g/mol. The first-order chi connectivity index (χ1) is 8.68. The second-order valence-corrected chi connectivity index (χ2v) is 4.65. The summed E-state index contributed by atoms with van der Waals surface area (Å²) < 4.78 is 1.95. The van der Waals surface area contributed by atoms with Crippen LogP contribution in [0.25, 0.3) is 11.0 Å². The quantitative estimate of drug-likeness (QED) is 0.843. The Bertz CT molecular complexity index is 614. The first-order valence-electron chi connectivity index (χ1n) is 6.03. The minimum Gasteiger partial charge on any atom is -0.478 e. The summed E-state index contributed by atoms with van der Waals surface area (Å²) in [6.45, 7) is 0. The van der Waals surface area contributed by atoms with E-state index in [0.29, 0.717) is 17.1 Å². The maximum atomic E-state index is 11.3. The third-order valence-electron chi connectivity index (χ3n) is 3.59. The summed E-state index contributed by atoms with van der Waals surface area (Å²) in [6, 6.07) is 0.329.